The minimum atomic E-state index is -0.717. The molecule has 0 radical (unpaired) electrons. The number of hydrogen-bond acceptors (Lipinski definition) is 6. The number of fused-ring (bicyclic) bond motifs is 1. The number of halogens is 1. The summed E-state index contributed by atoms with van der Waals surface area (Å²) >= 11 is 6.23. The van der Waals surface area contributed by atoms with Crippen molar-refractivity contribution < 1.29 is 14.3 Å². The molecule has 4 aromatic rings. The fourth-order valence-corrected chi connectivity index (χ4v) is 4.18. The third-order valence-corrected chi connectivity index (χ3v) is 6.47. The molecule has 0 saturated heterocycles. The van der Waals surface area contributed by atoms with Crippen LogP contribution in [0.25, 0.3) is 11.0 Å². The van der Waals surface area contributed by atoms with Gasteiger partial charge in [0, 0.05) is 6.20 Å². The summed E-state index contributed by atoms with van der Waals surface area (Å²) in [5.41, 5.74) is 3.39. The Labute approximate surface area is 226 Å². The van der Waals surface area contributed by atoms with E-state index in [1.54, 1.807) is 74.0 Å². The van der Waals surface area contributed by atoms with Gasteiger partial charge in [0.25, 0.3) is 0 Å². The molecule has 2 aromatic carbocycles. The second-order valence-electron chi connectivity index (χ2n) is 9.27. The Morgan fingerprint density at radius 3 is 2.39 bits per heavy atom. The maximum absolute atomic E-state index is 14.1. The first-order valence-corrected chi connectivity index (χ1v) is 12.2. The molecular weight excluding hydrogens is 502 g/mol. The van der Waals surface area contributed by atoms with Crippen molar-refractivity contribution in [2.24, 2.45) is 0 Å². The number of imide groups is 1. The lowest BCUT2D eigenvalue weighted by atomic mass is 9.86. The summed E-state index contributed by atoms with van der Waals surface area (Å²) in [5, 5.41) is 9.80. The number of benzene rings is 2. The molecule has 0 bridgehead atoms. The summed E-state index contributed by atoms with van der Waals surface area (Å²) in [6, 6.07) is 19.3. The number of aromatic nitrogens is 2. The molecule has 0 saturated carbocycles. The van der Waals surface area contributed by atoms with Gasteiger partial charge in [-0.05, 0) is 73.9 Å². The Bertz CT molecular complexity index is 1520. The number of methoxy groups -OCH3 is 1. The van der Waals surface area contributed by atoms with E-state index in [0.717, 1.165) is 16.0 Å². The lowest BCUT2D eigenvalue weighted by Gasteiger charge is -2.29. The van der Waals surface area contributed by atoms with Gasteiger partial charge in [-0.25, -0.2) is 9.78 Å². The van der Waals surface area contributed by atoms with Crippen LogP contribution in [0.2, 0.25) is 5.15 Å². The van der Waals surface area contributed by atoms with E-state index in [1.165, 1.54) is 4.90 Å². The summed E-state index contributed by atoms with van der Waals surface area (Å²) in [6.45, 7) is 5.49. The number of ether oxygens (including phenoxy) is 1. The minimum Gasteiger partial charge on any atom is -0.497 e. The third kappa shape index (κ3) is 5.29. The van der Waals surface area contributed by atoms with E-state index < -0.39 is 11.4 Å². The molecular formula is C29H26ClN5O3. The third-order valence-electron chi connectivity index (χ3n) is 6.26. The zero-order chi connectivity index (χ0) is 27.4. The molecule has 0 aliphatic carbocycles. The molecule has 0 aliphatic heterocycles. The van der Waals surface area contributed by atoms with Crippen LogP contribution in [0.15, 0.2) is 66.9 Å². The van der Waals surface area contributed by atoms with Crippen LogP contribution in [0, 0.1) is 18.3 Å². The smallest absolute Gasteiger partial charge is 0.335 e. The van der Waals surface area contributed by atoms with E-state index in [2.05, 4.69) is 16.0 Å². The largest absolute Gasteiger partial charge is 0.497 e. The highest BCUT2D eigenvalue weighted by molar-refractivity contribution is 6.30. The standard InChI is InChI=1S/C29H26ClN5O3/c1-19-15-32-24-13-14-25(30)33-26(24)27(19)35(22-9-7-21(8-10-22)29(2,3)17-31)28(37)34(18-36)16-20-5-11-23(38-4)12-6-20/h5-15,18H,16H2,1-4H3. The minimum absolute atomic E-state index is 0.0403. The van der Waals surface area contributed by atoms with Gasteiger partial charge in [0.2, 0.25) is 6.41 Å². The normalized spacial score (nSPS) is 11.1. The maximum Gasteiger partial charge on any atom is 0.335 e. The molecule has 3 amide bonds. The SMILES string of the molecule is COc1ccc(CN(C=O)C(=O)N(c2ccc(C(C)(C)C#N)cc2)c2c(C)cnc3ccc(Cl)nc23)cc1. The predicted octanol–water partition coefficient (Wildman–Crippen LogP) is 6.32. The first kappa shape index (κ1) is 26.6. The number of urea groups is 1. The van der Waals surface area contributed by atoms with E-state index in [9.17, 15) is 14.9 Å². The lowest BCUT2D eigenvalue weighted by Crippen LogP contribution is -2.40. The molecule has 9 heteroatoms. The molecule has 0 aliphatic rings. The van der Waals surface area contributed by atoms with Crippen LogP contribution in [0.1, 0.15) is 30.5 Å². The van der Waals surface area contributed by atoms with Crippen molar-refractivity contribution in [3.05, 3.63) is 88.7 Å². The van der Waals surface area contributed by atoms with Crippen molar-refractivity contribution in [2.45, 2.75) is 32.7 Å². The van der Waals surface area contributed by atoms with Crippen molar-refractivity contribution in [1.82, 2.24) is 14.9 Å². The molecule has 4 rings (SSSR count). The molecule has 0 atom stereocenters. The molecule has 0 spiro atoms. The number of hydrogen-bond donors (Lipinski definition) is 0. The average molecular weight is 528 g/mol. The van der Waals surface area contributed by atoms with Crippen molar-refractivity contribution >= 4 is 46.5 Å². The Kier molecular flexibility index (Phi) is 7.60. The van der Waals surface area contributed by atoms with Crippen LogP contribution in [-0.4, -0.2) is 34.4 Å². The number of aryl methyl sites for hydroxylation is 1. The molecule has 38 heavy (non-hydrogen) atoms. The highest BCUT2D eigenvalue weighted by atomic mass is 35.5. The van der Waals surface area contributed by atoms with E-state index >= 15 is 0 Å². The van der Waals surface area contributed by atoms with Gasteiger partial charge in [-0.3, -0.25) is 19.6 Å². The molecule has 0 fully saturated rings. The van der Waals surface area contributed by atoms with Crippen LogP contribution < -0.4 is 9.64 Å². The van der Waals surface area contributed by atoms with Crippen LogP contribution in [-0.2, 0) is 16.8 Å². The number of pyridine rings is 2. The lowest BCUT2D eigenvalue weighted by molar-refractivity contribution is -0.115. The zero-order valence-corrected chi connectivity index (χ0v) is 22.2. The topological polar surface area (TPSA) is 99.4 Å². The van der Waals surface area contributed by atoms with Gasteiger partial charge in [-0.2, -0.15) is 5.26 Å². The summed E-state index contributed by atoms with van der Waals surface area (Å²) in [6.07, 6.45) is 2.15. The number of rotatable bonds is 7. The summed E-state index contributed by atoms with van der Waals surface area (Å²) < 4.78 is 5.21. The maximum atomic E-state index is 14.1. The van der Waals surface area contributed by atoms with Crippen molar-refractivity contribution in [3.63, 3.8) is 0 Å². The first-order chi connectivity index (χ1) is 18.2. The predicted molar refractivity (Wildman–Crippen MR) is 147 cm³/mol. The Hall–Kier alpha value is -4.48. The van der Waals surface area contributed by atoms with Gasteiger partial charge in [0.1, 0.15) is 16.4 Å². The van der Waals surface area contributed by atoms with E-state index in [0.29, 0.717) is 40.1 Å². The number of carbonyl (C=O) groups excluding carboxylic acids is 2. The molecule has 0 N–H and O–H groups in total. The second-order valence-corrected chi connectivity index (χ2v) is 9.66. The molecule has 192 valence electrons. The molecule has 2 aromatic heterocycles. The van der Waals surface area contributed by atoms with Crippen LogP contribution >= 0.6 is 11.6 Å². The number of carbonyl (C=O) groups is 2. The summed E-state index contributed by atoms with van der Waals surface area (Å²) in [5.74, 6) is 0.668. The van der Waals surface area contributed by atoms with Crippen LogP contribution in [0.5, 0.6) is 5.75 Å². The van der Waals surface area contributed by atoms with Crippen molar-refractivity contribution in [3.8, 4) is 11.8 Å². The fraction of sp³-hybridized carbons (Fsp3) is 0.207. The molecule has 0 unspecified atom stereocenters. The van der Waals surface area contributed by atoms with Gasteiger partial charge < -0.3 is 4.74 Å². The van der Waals surface area contributed by atoms with E-state index in [4.69, 9.17) is 16.3 Å². The average Bonchev–Trinajstić information content (AvgIpc) is 2.93. The molecule has 8 nitrogen and oxygen atoms in total. The first-order valence-electron chi connectivity index (χ1n) is 11.8. The second kappa shape index (κ2) is 10.9. The van der Waals surface area contributed by atoms with Gasteiger partial charge in [-0.1, -0.05) is 35.9 Å². The van der Waals surface area contributed by atoms with E-state index in [-0.39, 0.29) is 11.7 Å². The van der Waals surface area contributed by atoms with Crippen molar-refractivity contribution in [2.75, 3.05) is 12.0 Å². The van der Waals surface area contributed by atoms with Gasteiger partial charge in [-0.15, -0.1) is 0 Å². The highest BCUT2D eigenvalue weighted by Gasteiger charge is 2.29. The van der Waals surface area contributed by atoms with Crippen LogP contribution in [0.4, 0.5) is 16.2 Å². The van der Waals surface area contributed by atoms with Gasteiger partial charge in [0.15, 0.2) is 0 Å². The van der Waals surface area contributed by atoms with Gasteiger partial charge >= 0.3 is 6.03 Å². The number of amides is 3. The Morgan fingerprint density at radius 1 is 1.11 bits per heavy atom. The Morgan fingerprint density at radius 2 is 1.79 bits per heavy atom. The van der Waals surface area contributed by atoms with Crippen LogP contribution in [0.3, 0.4) is 0 Å². The molecule has 2 heterocycles. The number of anilines is 2. The number of nitrogens with zero attached hydrogens (tertiary/aromatic N) is 5. The Balaban J connectivity index is 1.86. The number of nitriles is 1. The summed E-state index contributed by atoms with van der Waals surface area (Å²) in [4.78, 5) is 37.7. The van der Waals surface area contributed by atoms with Crippen molar-refractivity contribution in [1.29, 1.82) is 5.26 Å². The summed E-state index contributed by atoms with van der Waals surface area (Å²) in [7, 11) is 1.57. The zero-order valence-electron chi connectivity index (χ0n) is 21.5. The highest BCUT2D eigenvalue weighted by Crippen LogP contribution is 2.36. The van der Waals surface area contributed by atoms with Gasteiger partial charge in [0.05, 0.1) is 42.0 Å². The quantitative estimate of drug-likeness (QED) is 0.206. The fourth-order valence-electron chi connectivity index (χ4n) is 4.04. The monoisotopic (exact) mass is 527 g/mol. The van der Waals surface area contributed by atoms with E-state index in [1.807, 2.05) is 20.8 Å².